The fraction of sp³-hybridized carbons (Fsp3) is 0.286. The summed E-state index contributed by atoms with van der Waals surface area (Å²) in [7, 11) is 0. The molecule has 0 bridgehead atoms. The number of ether oxygens (including phenoxy) is 1. The van der Waals surface area contributed by atoms with Gasteiger partial charge in [-0.15, -0.1) is 0 Å². The second kappa shape index (κ2) is 7.32. The van der Waals surface area contributed by atoms with Crippen LogP contribution >= 0.6 is 0 Å². The summed E-state index contributed by atoms with van der Waals surface area (Å²) in [6.07, 6.45) is -0.0100. The van der Waals surface area contributed by atoms with E-state index in [1.807, 2.05) is 49.4 Å². The van der Waals surface area contributed by atoms with Gasteiger partial charge >= 0.3 is 0 Å². The smallest absolute Gasteiger partial charge is 0.275 e. The Kier molecular flexibility index (Phi) is 4.73. The highest BCUT2D eigenvalue weighted by atomic mass is 16.5. The third kappa shape index (κ3) is 3.48. The van der Waals surface area contributed by atoms with Gasteiger partial charge in [-0.1, -0.05) is 48.5 Å². The molecule has 1 saturated heterocycles. The van der Waals surface area contributed by atoms with E-state index in [-0.39, 0.29) is 17.6 Å². The number of carbonyl (C=O) groups is 1. The van der Waals surface area contributed by atoms with Crippen LogP contribution in [0, 0.1) is 0 Å². The van der Waals surface area contributed by atoms with Gasteiger partial charge in [-0.2, -0.15) is 5.10 Å². The molecule has 4 rings (SSSR count). The molecule has 0 N–H and O–H groups in total. The van der Waals surface area contributed by atoms with Gasteiger partial charge in [0.25, 0.3) is 11.5 Å². The monoisotopic (exact) mass is 363 g/mol. The molecular formula is C21H21N3O3. The molecular weight excluding hydrogens is 342 g/mol. The molecule has 1 fully saturated rings. The third-order valence-corrected chi connectivity index (χ3v) is 4.77. The molecule has 0 aliphatic carbocycles. The van der Waals surface area contributed by atoms with Crippen LogP contribution in [0.2, 0.25) is 0 Å². The number of hydrogen-bond donors (Lipinski definition) is 0. The fourth-order valence-corrected chi connectivity index (χ4v) is 3.41. The van der Waals surface area contributed by atoms with Gasteiger partial charge in [-0.05, 0) is 18.6 Å². The van der Waals surface area contributed by atoms with Crippen LogP contribution in [0.3, 0.4) is 0 Å². The molecule has 27 heavy (non-hydrogen) atoms. The van der Waals surface area contributed by atoms with Crippen molar-refractivity contribution in [3.8, 4) is 0 Å². The van der Waals surface area contributed by atoms with Crippen LogP contribution in [0.25, 0.3) is 10.8 Å². The van der Waals surface area contributed by atoms with Crippen LogP contribution in [0.1, 0.15) is 23.0 Å². The Morgan fingerprint density at radius 2 is 1.81 bits per heavy atom. The van der Waals surface area contributed by atoms with E-state index in [9.17, 15) is 9.59 Å². The summed E-state index contributed by atoms with van der Waals surface area (Å²) in [6, 6.07) is 16.8. The minimum Gasteiger partial charge on any atom is -0.375 e. The van der Waals surface area contributed by atoms with Crippen LogP contribution in [0.5, 0.6) is 0 Å². The van der Waals surface area contributed by atoms with Crippen LogP contribution in [-0.2, 0) is 11.3 Å². The van der Waals surface area contributed by atoms with Crippen molar-refractivity contribution < 1.29 is 9.53 Å². The summed E-state index contributed by atoms with van der Waals surface area (Å²) in [5.74, 6) is -0.164. The van der Waals surface area contributed by atoms with Crippen molar-refractivity contribution in [1.82, 2.24) is 14.7 Å². The standard InChI is InChI=1S/C21H21N3O3/c1-15-13-23(11-12-27-15)21(26)19-17-9-5-6-10-18(17)20(25)24(22-19)14-16-7-3-2-4-8-16/h2-10,15H,11-14H2,1H3/t15-/m0/s1. The van der Waals surface area contributed by atoms with Gasteiger partial charge in [0.05, 0.1) is 24.6 Å². The number of benzene rings is 2. The van der Waals surface area contributed by atoms with E-state index in [0.29, 0.717) is 42.7 Å². The van der Waals surface area contributed by atoms with Crippen molar-refractivity contribution in [1.29, 1.82) is 0 Å². The zero-order valence-electron chi connectivity index (χ0n) is 15.2. The van der Waals surface area contributed by atoms with Crippen molar-refractivity contribution in [2.75, 3.05) is 19.7 Å². The quantitative estimate of drug-likeness (QED) is 0.716. The van der Waals surface area contributed by atoms with Crippen LogP contribution in [0.4, 0.5) is 0 Å². The maximum absolute atomic E-state index is 13.2. The minimum absolute atomic E-state index is 0.0100. The summed E-state index contributed by atoms with van der Waals surface area (Å²) in [4.78, 5) is 27.8. The highest BCUT2D eigenvalue weighted by Gasteiger charge is 2.26. The molecule has 3 aromatic rings. The van der Waals surface area contributed by atoms with E-state index in [2.05, 4.69) is 5.10 Å². The lowest BCUT2D eigenvalue weighted by molar-refractivity contribution is -0.0126. The lowest BCUT2D eigenvalue weighted by Gasteiger charge is -2.31. The molecule has 1 aliphatic heterocycles. The number of hydrogen-bond acceptors (Lipinski definition) is 4. The molecule has 1 aromatic heterocycles. The summed E-state index contributed by atoms with van der Waals surface area (Å²) < 4.78 is 6.92. The van der Waals surface area contributed by atoms with E-state index in [1.165, 1.54) is 4.68 Å². The SMILES string of the molecule is C[C@H]1CN(C(=O)c2nn(Cc3ccccc3)c(=O)c3ccccc23)CCO1. The zero-order chi connectivity index (χ0) is 18.8. The predicted octanol–water partition coefficient (Wildman–Crippen LogP) is 2.31. The normalized spacial score (nSPS) is 17.2. The average molecular weight is 363 g/mol. The Morgan fingerprint density at radius 3 is 2.56 bits per heavy atom. The number of nitrogens with zero attached hydrogens (tertiary/aromatic N) is 3. The summed E-state index contributed by atoms with van der Waals surface area (Å²) in [6.45, 7) is 3.82. The molecule has 0 radical (unpaired) electrons. The van der Waals surface area contributed by atoms with Crippen molar-refractivity contribution >= 4 is 16.7 Å². The molecule has 0 saturated carbocycles. The van der Waals surface area contributed by atoms with Gasteiger partial charge in [-0.3, -0.25) is 9.59 Å². The Hall–Kier alpha value is -2.99. The molecule has 1 aliphatic rings. The Bertz CT molecular complexity index is 1030. The number of amides is 1. The van der Waals surface area contributed by atoms with Crippen LogP contribution in [0.15, 0.2) is 59.4 Å². The first-order valence-corrected chi connectivity index (χ1v) is 9.08. The van der Waals surface area contributed by atoms with Crippen LogP contribution < -0.4 is 5.56 Å². The molecule has 6 nitrogen and oxygen atoms in total. The van der Waals surface area contributed by atoms with E-state index < -0.39 is 0 Å². The maximum atomic E-state index is 13.2. The van der Waals surface area contributed by atoms with Gasteiger partial charge < -0.3 is 9.64 Å². The van der Waals surface area contributed by atoms with E-state index in [4.69, 9.17) is 4.74 Å². The zero-order valence-corrected chi connectivity index (χ0v) is 15.2. The lowest BCUT2D eigenvalue weighted by atomic mass is 10.1. The van der Waals surface area contributed by atoms with E-state index >= 15 is 0 Å². The van der Waals surface area contributed by atoms with E-state index in [0.717, 1.165) is 5.56 Å². The summed E-state index contributed by atoms with van der Waals surface area (Å²) >= 11 is 0. The first-order valence-electron chi connectivity index (χ1n) is 9.08. The molecule has 0 spiro atoms. The minimum atomic E-state index is -0.193. The second-order valence-electron chi connectivity index (χ2n) is 6.78. The summed E-state index contributed by atoms with van der Waals surface area (Å²) in [5, 5.41) is 5.57. The predicted molar refractivity (Wildman–Crippen MR) is 103 cm³/mol. The molecule has 2 aromatic carbocycles. The highest BCUT2D eigenvalue weighted by Crippen LogP contribution is 2.17. The van der Waals surface area contributed by atoms with Crippen LogP contribution in [-0.4, -0.2) is 46.4 Å². The van der Waals surface area contributed by atoms with Crippen molar-refractivity contribution in [3.63, 3.8) is 0 Å². The largest absolute Gasteiger partial charge is 0.375 e. The number of fused-ring (bicyclic) bond motifs is 1. The maximum Gasteiger partial charge on any atom is 0.275 e. The van der Waals surface area contributed by atoms with Gasteiger partial charge in [0, 0.05) is 18.5 Å². The van der Waals surface area contributed by atoms with Gasteiger partial charge in [0.15, 0.2) is 5.69 Å². The number of rotatable bonds is 3. The molecule has 6 heteroatoms. The Balaban J connectivity index is 1.80. The molecule has 2 heterocycles. The molecule has 138 valence electrons. The van der Waals surface area contributed by atoms with Gasteiger partial charge in [0.2, 0.25) is 0 Å². The average Bonchev–Trinajstić information content (AvgIpc) is 2.70. The number of aromatic nitrogens is 2. The lowest BCUT2D eigenvalue weighted by Crippen LogP contribution is -2.45. The third-order valence-electron chi connectivity index (χ3n) is 4.77. The number of carbonyl (C=O) groups excluding carboxylic acids is 1. The van der Waals surface area contributed by atoms with Crippen molar-refractivity contribution in [2.45, 2.75) is 19.6 Å². The highest BCUT2D eigenvalue weighted by molar-refractivity contribution is 6.04. The number of morpholine rings is 1. The molecule has 0 unspecified atom stereocenters. The fourth-order valence-electron chi connectivity index (χ4n) is 3.41. The topological polar surface area (TPSA) is 64.4 Å². The first-order chi connectivity index (χ1) is 13.1. The Labute approximate surface area is 157 Å². The first kappa shape index (κ1) is 17.4. The Morgan fingerprint density at radius 1 is 1.11 bits per heavy atom. The molecule has 1 atom stereocenters. The molecule has 1 amide bonds. The van der Waals surface area contributed by atoms with Crippen molar-refractivity contribution in [2.24, 2.45) is 0 Å². The van der Waals surface area contributed by atoms with Gasteiger partial charge in [-0.25, -0.2) is 4.68 Å². The van der Waals surface area contributed by atoms with E-state index in [1.54, 1.807) is 17.0 Å². The van der Waals surface area contributed by atoms with Gasteiger partial charge in [0.1, 0.15) is 0 Å². The second-order valence-corrected chi connectivity index (χ2v) is 6.78. The van der Waals surface area contributed by atoms with Crippen molar-refractivity contribution in [3.05, 3.63) is 76.2 Å². The summed E-state index contributed by atoms with van der Waals surface area (Å²) in [5.41, 5.74) is 1.08.